The largest absolute Gasteiger partial charge is 0.497 e. The maximum atomic E-state index is 5.73. The number of fused-ring (bicyclic) bond motifs is 4. The first kappa shape index (κ1) is 15.3. The molecule has 0 amide bonds. The fraction of sp³-hybridized carbons (Fsp3) is 0.600. The van der Waals surface area contributed by atoms with Crippen molar-refractivity contribution in [3.63, 3.8) is 0 Å². The molecule has 0 bridgehead atoms. The summed E-state index contributed by atoms with van der Waals surface area (Å²) < 4.78 is 11.2. The third-order valence-electron chi connectivity index (χ3n) is 6.93. The monoisotopic (exact) mass is 310 g/mol. The van der Waals surface area contributed by atoms with Crippen molar-refractivity contribution < 1.29 is 9.47 Å². The Morgan fingerprint density at radius 1 is 1.13 bits per heavy atom. The Balaban J connectivity index is 1.83. The first-order valence-electron chi connectivity index (χ1n) is 8.93. The summed E-state index contributed by atoms with van der Waals surface area (Å²) in [4.78, 5) is 0. The van der Waals surface area contributed by atoms with Gasteiger partial charge in [0.15, 0.2) is 0 Å². The number of ether oxygens (including phenoxy) is 2. The molecule has 1 fully saturated rings. The number of hydrogen-bond donors (Lipinski definition) is 0. The van der Waals surface area contributed by atoms with Crippen molar-refractivity contribution >= 4 is 7.85 Å². The second-order valence-electron chi connectivity index (χ2n) is 8.14. The molecule has 0 saturated heterocycles. The summed E-state index contributed by atoms with van der Waals surface area (Å²) in [7, 11) is 6.10. The summed E-state index contributed by atoms with van der Waals surface area (Å²) in [6.45, 7) is 2.47. The number of aryl methyl sites for hydroxylation is 1. The SMILES string of the molecule is B[C@@]12CC[C@]3(C)C(=C1C[C@H](OC)C2)CCc1cc(OC)ccc13. The number of methoxy groups -OCH3 is 2. The summed E-state index contributed by atoms with van der Waals surface area (Å²) in [6.07, 6.45) is 7.66. The zero-order valence-corrected chi connectivity index (χ0v) is 14.9. The van der Waals surface area contributed by atoms with Crippen LogP contribution in [-0.4, -0.2) is 28.2 Å². The van der Waals surface area contributed by atoms with Crippen LogP contribution < -0.4 is 4.74 Å². The molecule has 23 heavy (non-hydrogen) atoms. The first-order chi connectivity index (χ1) is 11.0. The van der Waals surface area contributed by atoms with E-state index in [0.717, 1.165) is 18.6 Å². The lowest BCUT2D eigenvalue weighted by Crippen LogP contribution is -2.37. The number of hydrogen-bond acceptors (Lipinski definition) is 2. The van der Waals surface area contributed by atoms with Crippen molar-refractivity contribution in [1.29, 1.82) is 0 Å². The molecule has 4 rings (SSSR count). The Morgan fingerprint density at radius 3 is 2.70 bits per heavy atom. The smallest absolute Gasteiger partial charge is 0.119 e. The molecule has 1 aromatic rings. The minimum absolute atomic E-state index is 0.220. The summed E-state index contributed by atoms with van der Waals surface area (Å²) in [5.74, 6) is 0.990. The van der Waals surface area contributed by atoms with E-state index in [1.807, 2.05) is 7.11 Å². The van der Waals surface area contributed by atoms with Crippen molar-refractivity contribution in [3.8, 4) is 5.75 Å². The van der Waals surface area contributed by atoms with Gasteiger partial charge in [0.1, 0.15) is 13.6 Å². The number of rotatable bonds is 2. The van der Waals surface area contributed by atoms with Crippen LogP contribution in [0.25, 0.3) is 0 Å². The maximum absolute atomic E-state index is 5.73. The standard InChI is InChI=1S/C20H27BO2/c1-19-8-9-20(21)12-15(23-3)11-18(20)17(19)6-4-13-10-14(22-2)5-7-16(13)19/h5,7,10,15H,4,6,8-9,11-12,21H2,1-3H3/t15-,19-,20+/m0/s1. The molecule has 0 N–H and O–H groups in total. The van der Waals surface area contributed by atoms with Crippen LogP contribution in [0.15, 0.2) is 29.3 Å². The van der Waals surface area contributed by atoms with E-state index >= 15 is 0 Å². The Hall–Kier alpha value is -1.22. The van der Waals surface area contributed by atoms with Crippen LogP contribution >= 0.6 is 0 Å². The second kappa shape index (κ2) is 5.14. The lowest BCUT2D eigenvalue weighted by Gasteiger charge is -2.48. The Labute approximate surface area is 140 Å². The van der Waals surface area contributed by atoms with Gasteiger partial charge in [-0.3, -0.25) is 0 Å². The highest BCUT2D eigenvalue weighted by Crippen LogP contribution is 2.62. The van der Waals surface area contributed by atoms with Crippen LogP contribution in [0, 0.1) is 0 Å². The molecule has 0 radical (unpaired) electrons. The number of allylic oxidation sites excluding steroid dienone is 1. The summed E-state index contributed by atoms with van der Waals surface area (Å²) in [5.41, 5.74) is 6.69. The molecule has 3 atom stereocenters. The van der Waals surface area contributed by atoms with Gasteiger partial charge in [-0.15, -0.1) is 0 Å². The third-order valence-corrected chi connectivity index (χ3v) is 6.93. The molecule has 0 spiro atoms. The van der Waals surface area contributed by atoms with E-state index in [1.54, 1.807) is 18.3 Å². The zero-order chi connectivity index (χ0) is 16.2. The fourth-order valence-electron chi connectivity index (χ4n) is 5.51. The van der Waals surface area contributed by atoms with Crippen molar-refractivity contribution in [2.45, 2.75) is 62.3 Å². The van der Waals surface area contributed by atoms with Crippen LogP contribution in [-0.2, 0) is 16.6 Å². The van der Waals surface area contributed by atoms with Crippen LogP contribution in [0.3, 0.4) is 0 Å². The second-order valence-corrected chi connectivity index (χ2v) is 8.14. The van der Waals surface area contributed by atoms with Crippen LogP contribution in [0.5, 0.6) is 5.75 Å². The van der Waals surface area contributed by atoms with Gasteiger partial charge in [0.05, 0.1) is 13.2 Å². The molecule has 0 heterocycles. The molecular weight excluding hydrogens is 283 g/mol. The molecule has 1 saturated carbocycles. The highest BCUT2D eigenvalue weighted by atomic mass is 16.5. The van der Waals surface area contributed by atoms with Crippen molar-refractivity contribution in [1.82, 2.24) is 0 Å². The fourth-order valence-corrected chi connectivity index (χ4v) is 5.51. The molecule has 0 aliphatic heterocycles. The average molecular weight is 310 g/mol. The predicted octanol–water partition coefficient (Wildman–Crippen LogP) is 3.59. The highest BCUT2D eigenvalue weighted by Gasteiger charge is 2.50. The molecular formula is C20H27BO2. The summed E-state index contributed by atoms with van der Waals surface area (Å²) in [6, 6.07) is 6.71. The van der Waals surface area contributed by atoms with Gasteiger partial charge in [0.25, 0.3) is 0 Å². The molecule has 0 aromatic heterocycles. The topological polar surface area (TPSA) is 18.5 Å². The van der Waals surface area contributed by atoms with Crippen molar-refractivity contribution in [2.75, 3.05) is 14.2 Å². The van der Waals surface area contributed by atoms with Gasteiger partial charge in [-0.05, 0) is 67.1 Å². The van der Waals surface area contributed by atoms with E-state index in [0.29, 0.717) is 11.4 Å². The predicted molar refractivity (Wildman–Crippen MR) is 96.2 cm³/mol. The lowest BCUT2D eigenvalue weighted by atomic mass is 9.50. The Bertz CT molecular complexity index is 680. The molecule has 3 aliphatic carbocycles. The van der Waals surface area contributed by atoms with E-state index in [1.165, 1.54) is 36.8 Å². The normalized spacial score (nSPS) is 35.5. The molecule has 2 nitrogen and oxygen atoms in total. The van der Waals surface area contributed by atoms with Gasteiger partial charge < -0.3 is 9.47 Å². The van der Waals surface area contributed by atoms with Crippen molar-refractivity contribution in [3.05, 3.63) is 40.5 Å². The van der Waals surface area contributed by atoms with Crippen LogP contribution in [0.4, 0.5) is 0 Å². The highest BCUT2D eigenvalue weighted by molar-refractivity contribution is 6.18. The van der Waals surface area contributed by atoms with E-state index < -0.39 is 0 Å². The van der Waals surface area contributed by atoms with Crippen LogP contribution in [0.2, 0.25) is 5.31 Å². The Kier molecular flexibility index (Phi) is 3.42. The van der Waals surface area contributed by atoms with E-state index in [-0.39, 0.29) is 5.41 Å². The summed E-state index contributed by atoms with van der Waals surface area (Å²) in [5, 5.41) is 0.374. The lowest BCUT2D eigenvalue weighted by molar-refractivity contribution is 0.107. The Morgan fingerprint density at radius 2 is 1.96 bits per heavy atom. The van der Waals surface area contributed by atoms with Gasteiger partial charge in [-0.25, -0.2) is 0 Å². The van der Waals surface area contributed by atoms with Gasteiger partial charge in [0.2, 0.25) is 0 Å². The first-order valence-corrected chi connectivity index (χ1v) is 8.93. The number of benzene rings is 1. The van der Waals surface area contributed by atoms with Crippen LogP contribution in [0.1, 0.15) is 50.2 Å². The quantitative estimate of drug-likeness (QED) is 0.614. The third kappa shape index (κ3) is 2.12. The van der Waals surface area contributed by atoms with Gasteiger partial charge >= 0.3 is 0 Å². The van der Waals surface area contributed by atoms with E-state index in [9.17, 15) is 0 Å². The molecule has 3 heteroatoms. The summed E-state index contributed by atoms with van der Waals surface area (Å²) >= 11 is 0. The van der Waals surface area contributed by atoms with Gasteiger partial charge in [0, 0.05) is 12.5 Å². The average Bonchev–Trinajstić information content (AvgIpc) is 2.91. The molecule has 1 aromatic carbocycles. The molecule has 122 valence electrons. The minimum atomic E-state index is 0.220. The minimum Gasteiger partial charge on any atom is -0.497 e. The maximum Gasteiger partial charge on any atom is 0.119 e. The molecule has 3 aliphatic rings. The van der Waals surface area contributed by atoms with E-state index in [2.05, 4.69) is 33.0 Å². The van der Waals surface area contributed by atoms with Gasteiger partial charge in [-0.1, -0.05) is 24.1 Å². The zero-order valence-electron chi connectivity index (χ0n) is 14.9. The molecule has 0 unspecified atom stereocenters. The van der Waals surface area contributed by atoms with Gasteiger partial charge in [-0.2, -0.15) is 0 Å². The van der Waals surface area contributed by atoms with Crippen molar-refractivity contribution in [2.24, 2.45) is 0 Å². The van der Waals surface area contributed by atoms with E-state index in [4.69, 9.17) is 9.47 Å².